The number of rotatable bonds is 4. The number of aromatic nitrogens is 2. The maximum atomic E-state index is 12.9. The van der Waals surface area contributed by atoms with Gasteiger partial charge < -0.3 is 9.88 Å². The lowest BCUT2D eigenvalue weighted by Crippen LogP contribution is -2.28. The van der Waals surface area contributed by atoms with Crippen LogP contribution in [-0.4, -0.2) is 27.4 Å². The van der Waals surface area contributed by atoms with E-state index in [2.05, 4.69) is 4.98 Å². The Balaban J connectivity index is 1.90. The molecule has 4 nitrogen and oxygen atoms in total. The smallest absolute Gasteiger partial charge is 0.272 e. The lowest BCUT2D eigenvalue weighted by molar-refractivity contribution is 0.0777. The van der Waals surface area contributed by atoms with E-state index in [-0.39, 0.29) is 5.91 Å². The maximum Gasteiger partial charge on any atom is 0.272 e. The van der Waals surface area contributed by atoms with Crippen LogP contribution in [0.4, 0.5) is 0 Å². The van der Waals surface area contributed by atoms with E-state index in [9.17, 15) is 4.79 Å². The number of aromatic amines is 1. The van der Waals surface area contributed by atoms with Crippen LogP contribution >= 0.6 is 35.4 Å². The molecule has 2 aromatic carbocycles. The Hall–Kier alpha value is -2.08. The highest BCUT2D eigenvalue weighted by atomic mass is 35.5. The number of carbonyl (C=O) groups excluding carboxylic acids is 1. The number of nitrogens with zero attached hydrogens (tertiary/aromatic N) is 2. The fourth-order valence-corrected chi connectivity index (χ4v) is 3.26. The molecule has 0 atom stereocenters. The third-order valence-electron chi connectivity index (χ3n) is 3.78. The minimum Gasteiger partial charge on any atom is -0.336 e. The SMILES string of the molecule is CN(Cc1ccc(Cl)cc1Cl)C(=O)c1c[nH]c(=S)n1-c1ccccc1. The summed E-state index contributed by atoms with van der Waals surface area (Å²) in [5, 5.41) is 1.09. The van der Waals surface area contributed by atoms with Gasteiger partial charge in [0.1, 0.15) is 5.69 Å². The molecule has 0 saturated heterocycles. The summed E-state index contributed by atoms with van der Waals surface area (Å²) in [6.07, 6.45) is 1.62. The van der Waals surface area contributed by atoms with Crippen LogP contribution in [0.25, 0.3) is 5.69 Å². The third kappa shape index (κ3) is 3.79. The number of para-hydroxylation sites is 1. The van der Waals surface area contributed by atoms with Crippen molar-refractivity contribution in [1.82, 2.24) is 14.5 Å². The van der Waals surface area contributed by atoms with Gasteiger partial charge in [-0.25, -0.2) is 0 Å². The number of amides is 1. The Bertz CT molecular complexity index is 966. The predicted molar refractivity (Wildman–Crippen MR) is 103 cm³/mol. The van der Waals surface area contributed by atoms with Gasteiger partial charge in [0.2, 0.25) is 0 Å². The van der Waals surface area contributed by atoms with Gasteiger partial charge in [0.25, 0.3) is 5.91 Å². The summed E-state index contributed by atoms with van der Waals surface area (Å²) < 4.78 is 2.19. The van der Waals surface area contributed by atoms with Crippen molar-refractivity contribution in [3.8, 4) is 5.69 Å². The van der Waals surface area contributed by atoms with Gasteiger partial charge in [-0.3, -0.25) is 9.36 Å². The molecule has 0 aliphatic carbocycles. The molecule has 0 aliphatic rings. The first-order valence-corrected chi connectivity index (χ1v) is 8.69. The quantitative estimate of drug-likeness (QED) is 0.627. The van der Waals surface area contributed by atoms with Gasteiger partial charge in [0.15, 0.2) is 4.77 Å². The maximum absolute atomic E-state index is 12.9. The molecular weight excluding hydrogens is 377 g/mol. The summed E-state index contributed by atoms with van der Waals surface area (Å²) >= 11 is 17.5. The molecule has 0 fully saturated rings. The number of hydrogen-bond acceptors (Lipinski definition) is 2. The highest BCUT2D eigenvalue weighted by Gasteiger charge is 2.19. The zero-order valence-corrected chi connectivity index (χ0v) is 15.7. The molecule has 3 rings (SSSR count). The molecule has 3 aromatic rings. The second kappa shape index (κ2) is 7.44. The largest absolute Gasteiger partial charge is 0.336 e. The average molecular weight is 392 g/mol. The fourth-order valence-electron chi connectivity index (χ4n) is 2.53. The summed E-state index contributed by atoms with van der Waals surface area (Å²) in [6.45, 7) is 0.363. The monoisotopic (exact) mass is 391 g/mol. The van der Waals surface area contributed by atoms with E-state index < -0.39 is 0 Å². The molecule has 0 unspecified atom stereocenters. The summed E-state index contributed by atoms with van der Waals surface area (Å²) in [4.78, 5) is 17.4. The molecule has 1 amide bonds. The van der Waals surface area contributed by atoms with Crippen molar-refractivity contribution >= 4 is 41.3 Å². The second-order valence-electron chi connectivity index (χ2n) is 5.55. The molecule has 0 bridgehead atoms. The molecule has 1 aromatic heterocycles. The third-order valence-corrected chi connectivity index (χ3v) is 4.67. The van der Waals surface area contributed by atoms with E-state index in [1.54, 1.807) is 34.8 Å². The van der Waals surface area contributed by atoms with Crippen LogP contribution in [-0.2, 0) is 6.54 Å². The highest BCUT2D eigenvalue weighted by molar-refractivity contribution is 7.71. The van der Waals surface area contributed by atoms with E-state index in [0.29, 0.717) is 27.1 Å². The Kier molecular flexibility index (Phi) is 5.27. The van der Waals surface area contributed by atoms with Crippen LogP contribution in [0.3, 0.4) is 0 Å². The zero-order chi connectivity index (χ0) is 18.0. The van der Waals surface area contributed by atoms with Crippen molar-refractivity contribution < 1.29 is 4.79 Å². The van der Waals surface area contributed by atoms with Crippen LogP contribution in [0.15, 0.2) is 54.7 Å². The summed E-state index contributed by atoms with van der Waals surface area (Å²) in [6, 6.07) is 14.7. The molecule has 0 radical (unpaired) electrons. The predicted octanol–water partition coefficient (Wildman–Crippen LogP) is 5.11. The van der Waals surface area contributed by atoms with Crippen molar-refractivity contribution in [3.05, 3.63) is 80.8 Å². The number of halogens is 2. The van der Waals surface area contributed by atoms with Gasteiger partial charge in [-0.05, 0) is 42.0 Å². The summed E-state index contributed by atoms with van der Waals surface area (Å²) in [7, 11) is 1.72. The van der Waals surface area contributed by atoms with Gasteiger partial charge >= 0.3 is 0 Å². The van der Waals surface area contributed by atoms with E-state index in [1.807, 2.05) is 36.4 Å². The van der Waals surface area contributed by atoms with Gasteiger partial charge in [-0.15, -0.1) is 0 Å². The van der Waals surface area contributed by atoms with E-state index >= 15 is 0 Å². The van der Waals surface area contributed by atoms with Gasteiger partial charge in [0.05, 0.1) is 0 Å². The lowest BCUT2D eigenvalue weighted by Gasteiger charge is -2.19. The van der Waals surface area contributed by atoms with Crippen molar-refractivity contribution in [3.63, 3.8) is 0 Å². The topological polar surface area (TPSA) is 41.0 Å². The van der Waals surface area contributed by atoms with Gasteiger partial charge in [0, 0.05) is 35.5 Å². The van der Waals surface area contributed by atoms with Crippen LogP contribution in [0.5, 0.6) is 0 Å². The van der Waals surface area contributed by atoms with Gasteiger partial charge in [-0.2, -0.15) is 0 Å². The zero-order valence-electron chi connectivity index (χ0n) is 13.4. The molecule has 0 saturated carbocycles. The number of carbonyl (C=O) groups is 1. The van der Waals surface area contributed by atoms with Crippen LogP contribution in [0, 0.1) is 4.77 Å². The fraction of sp³-hybridized carbons (Fsp3) is 0.111. The number of imidazole rings is 1. The van der Waals surface area contributed by atoms with Crippen molar-refractivity contribution in [2.24, 2.45) is 0 Å². The molecular formula is C18H15Cl2N3OS. The van der Waals surface area contributed by atoms with Crippen molar-refractivity contribution in [2.45, 2.75) is 6.54 Å². The van der Waals surface area contributed by atoms with E-state index in [4.69, 9.17) is 35.4 Å². The number of H-pyrrole nitrogens is 1. The van der Waals surface area contributed by atoms with Crippen LogP contribution < -0.4 is 0 Å². The second-order valence-corrected chi connectivity index (χ2v) is 6.78. The van der Waals surface area contributed by atoms with Crippen molar-refractivity contribution in [1.29, 1.82) is 0 Å². The molecule has 128 valence electrons. The number of benzene rings is 2. The first-order chi connectivity index (χ1) is 12.0. The lowest BCUT2D eigenvalue weighted by atomic mass is 10.2. The van der Waals surface area contributed by atoms with Crippen molar-refractivity contribution in [2.75, 3.05) is 7.05 Å². The molecule has 0 spiro atoms. The van der Waals surface area contributed by atoms with Crippen LogP contribution in [0.1, 0.15) is 16.1 Å². The summed E-state index contributed by atoms with van der Waals surface area (Å²) in [5.74, 6) is -0.165. The minimum absolute atomic E-state index is 0.165. The molecule has 7 heteroatoms. The Labute approximate surface area is 160 Å². The molecule has 1 heterocycles. The van der Waals surface area contributed by atoms with Crippen LogP contribution in [0.2, 0.25) is 10.0 Å². The standard InChI is InChI=1S/C18H15Cl2N3OS/c1-22(11-12-7-8-13(19)9-15(12)20)17(24)16-10-21-18(25)23(16)14-5-3-2-4-6-14/h2-10H,11H2,1H3,(H,21,25). The minimum atomic E-state index is -0.165. The Morgan fingerprint density at radius 2 is 1.92 bits per heavy atom. The molecule has 1 N–H and O–H groups in total. The Morgan fingerprint density at radius 3 is 2.60 bits per heavy atom. The number of hydrogen-bond donors (Lipinski definition) is 1. The first kappa shape index (κ1) is 17.7. The van der Waals surface area contributed by atoms with E-state index in [1.165, 1.54) is 0 Å². The highest BCUT2D eigenvalue weighted by Crippen LogP contribution is 2.23. The normalized spacial score (nSPS) is 10.7. The van der Waals surface area contributed by atoms with Gasteiger partial charge in [-0.1, -0.05) is 47.5 Å². The number of nitrogens with one attached hydrogen (secondary N) is 1. The molecule has 25 heavy (non-hydrogen) atoms. The first-order valence-electron chi connectivity index (χ1n) is 7.52. The Morgan fingerprint density at radius 1 is 1.20 bits per heavy atom. The summed E-state index contributed by atoms with van der Waals surface area (Å²) in [5.41, 5.74) is 2.11. The molecule has 0 aliphatic heterocycles. The van der Waals surface area contributed by atoms with E-state index in [0.717, 1.165) is 11.3 Å². The average Bonchev–Trinajstić information content (AvgIpc) is 2.99.